The van der Waals surface area contributed by atoms with Crippen LogP contribution in [0.1, 0.15) is 13.3 Å². The van der Waals surface area contributed by atoms with E-state index in [0.717, 1.165) is 19.6 Å². The van der Waals surface area contributed by atoms with Crippen LogP contribution in [0.4, 0.5) is 0 Å². The maximum absolute atomic E-state index is 10.8. The molecule has 0 aromatic rings. The highest BCUT2D eigenvalue weighted by Crippen LogP contribution is 2.01. The van der Waals surface area contributed by atoms with Gasteiger partial charge >= 0.3 is 5.97 Å². The molecule has 12 heavy (non-hydrogen) atoms. The molecule has 0 amide bonds. The number of carbonyl (C=O) groups is 2. The molecule has 0 saturated carbocycles. The van der Waals surface area contributed by atoms with Gasteiger partial charge in [-0.1, -0.05) is 0 Å². The summed E-state index contributed by atoms with van der Waals surface area (Å²) in [4.78, 5) is 23.4. The number of esters is 1. The summed E-state index contributed by atoms with van der Waals surface area (Å²) in [6.07, 6.45) is -0.0972. The van der Waals surface area contributed by atoms with Gasteiger partial charge in [0.1, 0.15) is 18.8 Å². The zero-order valence-electron chi connectivity index (χ0n) is 7.21. The third-order valence-electron chi connectivity index (χ3n) is 1.60. The van der Waals surface area contributed by atoms with Crippen molar-refractivity contribution in [2.24, 2.45) is 0 Å². The molecule has 0 aliphatic carbocycles. The molecule has 0 N–H and O–H groups in total. The van der Waals surface area contributed by atoms with Gasteiger partial charge in [-0.3, -0.25) is 14.5 Å². The van der Waals surface area contributed by atoms with E-state index in [-0.39, 0.29) is 12.2 Å². The van der Waals surface area contributed by atoms with Gasteiger partial charge in [0.25, 0.3) is 0 Å². The van der Waals surface area contributed by atoms with Gasteiger partial charge < -0.3 is 4.74 Å². The fourth-order valence-corrected chi connectivity index (χ4v) is 0.837. The van der Waals surface area contributed by atoms with E-state index in [0.29, 0.717) is 6.61 Å². The fourth-order valence-electron chi connectivity index (χ4n) is 0.837. The summed E-state index contributed by atoms with van der Waals surface area (Å²) in [5.41, 5.74) is 0. The van der Waals surface area contributed by atoms with E-state index in [4.69, 9.17) is 4.74 Å². The first-order chi connectivity index (χ1) is 5.68. The molecule has 1 fully saturated rings. The average molecular weight is 171 g/mol. The molecule has 0 bridgehead atoms. The molecular formula is C8H13NO3. The van der Waals surface area contributed by atoms with Crippen molar-refractivity contribution in [3.8, 4) is 0 Å². The van der Waals surface area contributed by atoms with Crippen LogP contribution in [0.15, 0.2) is 0 Å². The number of nitrogens with zero attached hydrogens (tertiary/aromatic N) is 1. The minimum atomic E-state index is -0.413. The Bertz CT molecular complexity index is 187. The van der Waals surface area contributed by atoms with Gasteiger partial charge in [0, 0.05) is 19.6 Å². The number of hydrogen-bond acceptors (Lipinski definition) is 4. The summed E-state index contributed by atoms with van der Waals surface area (Å²) in [5.74, 6) is -0.559. The fraction of sp³-hybridized carbons (Fsp3) is 0.750. The van der Waals surface area contributed by atoms with Crippen LogP contribution in [0, 0.1) is 0 Å². The van der Waals surface area contributed by atoms with E-state index in [9.17, 15) is 9.59 Å². The molecule has 4 heteroatoms. The topological polar surface area (TPSA) is 46.4 Å². The highest BCUT2D eigenvalue weighted by molar-refractivity contribution is 5.94. The van der Waals surface area contributed by atoms with Crippen molar-refractivity contribution in [2.75, 3.05) is 26.2 Å². The van der Waals surface area contributed by atoms with Crippen LogP contribution in [0.3, 0.4) is 0 Å². The highest BCUT2D eigenvalue weighted by Gasteiger charge is 2.16. The summed E-state index contributed by atoms with van der Waals surface area (Å²) < 4.78 is 4.80. The second-order valence-electron chi connectivity index (χ2n) is 2.94. The molecule has 1 rings (SSSR count). The minimum absolute atomic E-state index is 0.0972. The number of hydrogen-bond donors (Lipinski definition) is 0. The lowest BCUT2D eigenvalue weighted by molar-refractivity contribution is -0.145. The van der Waals surface area contributed by atoms with Crippen LogP contribution in [-0.2, 0) is 14.3 Å². The largest absolute Gasteiger partial charge is 0.464 e. The number of ether oxygens (including phenoxy) is 1. The summed E-state index contributed by atoms with van der Waals surface area (Å²) >= 11 is 0. The maximum Gasteiger partial charge on any atom is 0.313 e. The Balaban J connectivity index is 1.97. The van der Waals surface area contributed by atoms with Gasteiger partial charge in [0.05, 0.1) is 0 Å². The van der Waals surface area contributed by atoms with Crippen LogP contribution in [-0.4, -0.2) is 42.9 Å². The summed E-state index contributed by atoms with van der Waals surface area (Å²) in [7, 11) is 0. The van der Waals surface area contributed by atoms with E-state index in [1.807, 2.05) is 0 Å². The maximum atomic E-state index is 10.8. The first kappa shape index (κ1) is 9.19. The average Bonchev–Trinajstić information content (AvgIpc) is 2.69. The van der Waals surface area contributed by atoms with Gasteiger partial charge in [0.2, 0.25) is 0 Å². The summed E-state index contributed by atoms with van der Waals surface area (Å²) in [6, 6.07) is 0. The van der Waals surface area contributed by atoms with Crippen molar-refractivity contribution in [3.63, 3.8) is 0 Å². The zero-order chi connectivity index (χ0) is 8.97. The summed E-state index contributed by atoms with van der Waals surface area (Å²) in [5, 5.41) is 0. The van der Waals surface area contributed by atoms with E-state index in [1.54, 1.807) is 0 Å². The third kappa shape index (κ3) is 4.08. The van der Waals surface area contributed by atoms with E-state index < -0.39 is 5.97 Å². The zero-order valence-corrected chi connectivity index (χ0v) is 7.21. The lowest BCUT2D eigenvalue weighted by Gasteiger charge is -2.02. The van der Waals surface area contributed by atoms with Gasteiger partial charge in [-0.15, -0.1) is 0 Å². The Morgan fingerprint density at radius 2 is 2.08 bits per heavy atom. The Morgan fingerprint density at radius 1 is 1.42 bits per heavy atom. The predicted molar refractivity (Wildman–Crippen MR) is 42.7 cm³/mol. The number of Topliss-reactive ketones (excluding diaryl/α,β-unsaturated/α-hetero) is 1. The van der Waals surface area contributed by atoms with E-state index in [1.165, 1.54) is 6.92 Å². The molecule has 0 unspecified atom stereocenters. The van der Waals surface area contributed by atoms with Crippen LogP contribution in [0.2, 0.25) is 0 Å². The monoisotopic (exact) mass is 171 g/mol. The molecule has 1 aliphatic heterocycles. The molecule has 0 atom stereocenters. The number of ketones is 1. The lowest BCUT2D eigenvalue weighted by Crippen LogP contribution is -2.14. The normalized spacial score (nSPS) is 15.8. The first-order valence-corrected chi connectivity index (χ1v) is 4.06. The molecule has 1 aliphatic rings. The first-order valence-electron chi connectivity index (χ1n) is 4.06. The Morgan fingerprint density at radius 3 is 2.58 bits per heavy atom. The molecule has 68 valence electrons. The smallest absolute Gasteiger partial charge is 0.313 e. The van der Waals surface area contributed by atoms with Crippen molar-refractivity contribution in [1.29, 1.82) is 0 Å². The standard InChI is InChI=1S/C8H13NO3/c1-7(10)6-8(11)12-5-4-9-2-3-9/h2-6H2,1H3. The highest BCUT2D eigenvalue weighted by atomic mass is 16.5. The third-order valence-corrected chi connectivity index (χ3v) is 1.60. The second kappa shape index (κ2) is 4.21. The van der Waals surface area contributed by atoms with Gasteiger partial charge in [-0.2, -0.15) is 0 Å². The van der Waals surface area contributed by atoms with E-state index >= 15 is 0 Å². The van der Waals surface area contributed by atoms with Crippen molar-refractivity contribution < 1.29 is 14.3 Å². The molecular weight excluding hydrogens is 158 g/mol. The van der Waals surface area contributed by atoms with Gasteiger partial charge in [-0.05, 0) is 6.92 Å². The summed E-state index contributed by atoms with van der Waals surface area (Å²) in [6.45, 7) is 4.79. The second-order valence-corrected chi connectivity index (χ2v) is 2.94. The van der Waals surface area contributed by atoms with Gasteiger partial charge in [0.15, 0.2) is 0 Å². The molecule has 0 radical (unpaired) electrons. The van der Waals surface area contributed by atoms with Gasteiger partial charge in [-0.25, -0.2) is 0 Å². The molecule has 0 aromatic heterocycles. The van der Waals surface area contributed by atoms with Crippen LogP contribution in [0.25, 0.3) is 0 Å². The molecule has 0 aromatic carbocycles. The van der Waals surface area contributed by atoms with Crippen molar-refractivity contribution in [1.82, 2.24) is 4.90 Å². The quantitative estimate of drug-likeness (QED) is 0.327. The van der Waals surface area contributed by atoms with Crippen molar-refractivity contribution in [3.05, 3.63) is 0 Å². The molecule has 4 nitrogen and oxygen atoms in total. The van der Waals surface area contributed by atoms with Crippen molar-refractivity contribution in [2.45, 2.75) is 13.3 Å². The predicted octanol–water partition coefficient (Wildman–Crippen LogP) is -0.176. The minimum Gasteiger partial charge on any atom is -0.464 e. The van der Waals surface area contributed by atoms with E-state index in [2.05, 4.69) is 4.90 Å². The molecule has 0 spiro atoms. The van der Waals surface area contributed by atoms with Crippen molar-refractivity contribution >= 4 is 11.8 Å². The molecule has 1 heterocycles. The Labute approximate surface area is 71.5 Å². The lowest BCUT2D eigenvalue weighted by atomic mass is 10.3. The SMILES string of the molecule is CC(=O)CC(=O)OCCN1CC1. The van der Waals surface area contributed by atoms with Crippen LogP contribution < -0.4 is 0 Å². The number of rotatable bonds is 5. The van der Waals surface area contributed by atoms with Crippen LogP contribution in [0.5, 0.6) is 0 Å². The Hall–Kier alpha value is -0.900. The molecule has 1 saturated heterocycles. The Kier molecular flexibility index (Phi) is 3.22. The number of carbonyl (C=O) groups excluding carboxylic acids is 2. The van der Waals surface area contributed by atoms with Crippen LogP contribution >= 0.6 is 0 Å².